The average Bonchev–Trinajstić information content (AvgIpc) is 3.07. The second-order valence-electron chi connectivity index (χ2n) is 6.02. The number of methoxy groups -OCH3 is 1. The van der Waals surface area contributed by atoms with Crippen molar-refractivity contribution in [2.45, 2.75) is 24.2 Å². The molecule has 2 N–H and O–H groups in total. The zero-order valence-electron chi connectivity index (χ0n) is 14.2. The van der Waals surface area contributed by atoms with Crippen LogP contribution in [0.5, 0.6) is 5.75 Å². The first-order chi connectivity index (χ1) is 12.4. The second-order valence-corrected chi connectivity index (χ2v) is 7.68. The summed E-state index contributed by atoms with van der Waals surface area (Å²) >= 11 is 0. The molecule has 0 spiro atoms. The number of hydrogen-bond donors (Lipinski definition) is 2. The summed E-state index contributed by atoms with van der Waals surface area (Å²) in [5, 5.41) is 8.73. The fourth-order valence-corrected chi connectivity index (χ4v) is 4.27. The van der Waals surface area contributed by atoms with E-state index in [2.05, 4.69) is 4.72 Å². The number of aryl methyl sites for hydroxylation is 2. The van der Waals surface area contributed by atoms with E-state index in [9.17, 15) is 13.2 Å². The molecule has 0 aliphatic heterocycles. The van der Waals surface area contributed by atoms with Crippen LogP contribution >= 0.6 is 0 Å². The average molecular weight is 373 g/mol. The van der Waals surface area contributed by atoms with Gasteiger partial charge in [0.05, 0.1) is 7.11 Å². The van der Waals surface area contributed by atoms with Gasteiger partial charge in [-0.05, 0) is 66.3 Å². The Bertz CT molecular complexity index is 979. The molecule has 0 fully saturated rings. The van der Waals surface area contributed by atoms with E-state index >= 15 is 0 Å². The molecule has 26 heavy (non-hydrogen) atoms. The van der Waals surface area contributed by atoms with E-state index in [0.717, 1.165) is 30.9 Å². The number of rotatable bonds is 6. The fourth-order valence-electron chi connectivity index (χ4n) is 3.02. The molecule has 0 saturated carbocycles. The molecular weight excluding hydrogens is 354 g/mol. The summed E-state index contributed by atoms with van der Waals surface area (Å²) < 4.78 is 33.4. The van der Waals surface area contributed by atoms with Gasteiger partial charge < -0.3 is 9.84 Å². The smallest absolute Gasteiger partial charge is 0.328 e. The Morgan fingerprint density at radius 2 is 1.92 bits per heavy atom. The van der Waals surface area contributed by atoms with Crippen LogP contribution in [0.4, 0.5) is 5.69 Å². The number of sulfonamides is 1. The first-order valence-electron chi connectivity index (χ1n) is 8.13. The number of hydrogen-bond acceptors (Lipinski definition) is 4. The summed E-state index contributed by atoms with van der Waals surface area (Å²) in [5.74, 6) is -0.923. The molecule has 136 valence electrons. The maximum atomic E-state index is 12.8. The number of fused-ring (bicyclic) bond motifs is 1. The van der Waals surface area contributed by atoms with Crippen molar-refractivity contribution in [1.29, 1.82) is 0 Å². The molecule has 1 aliphatic carbocycles. The van der Waals surface area contributed by atoms with Gasteiger partial charge in [0.15, 0.2) is 0 Å². The number of benzene rings is 2. The van der Waals surface area contributed by atoms with Crippen molar-refractivity contribution in [3.63, 3.8) is 0 Å². The van der Waals surface area contributed by atoms with Gasteiger partial charge in [-0.3, -0.25) is 4.72 Å². The van der Waals surface area contributed by atoms with E-state index in [1.54, 1.807) is 12.1 Å². The number of aliphatic carboxylic acids is 1. The number of carboxylic acid groups (broad SMARTS) is 1. The fraction of sp³-hybridized carbons (Fsp3) is 0.211. The van der Waals surface area contributed by atoms with E-state index in [1.807, 2.05) is 12.1 Å². The molecule has 2 aromatic rings. The van der Waals surface area contributed by atoms with Gasteiger partial charge in [-0.2, -0.15) is 0 Å². The lowest BCUT2D eigenvalue weighted by Crippen LogP contribution is -2.14. The SMILES string of the molecule is COc1ccc(/C=C/C(=O)O)cc1S(=O)(=O)Nc1ccc2c(c1)CCC2. The molecule has 7 heteroatoms. The normalized spacial score (nSPS) is 13.6. The summed E-state index contributed by atoms with van der Waals surface area (Å²) in [6, 6.07) is 10.0. The molecular formula is C19H19NO5S. The highest BCUT2D eigenvalue weighted by Gasteiger charge is 2.21. The monoisotopic (exact) mass is 373 g/mol. The maximum Gasteiger partial charge on any atom is 0.328 e. The zero-order chi connectivity index (χ0) is 18.7. The standard InChI is InChI=1S/C19H19NO5S/c1-25-17-9-5-13(6-10-19(21)22)11-18(17)26(23,24)20-16-8-7-14-3-2-4-15(14)12-16/h5-12,20H,2-4H2,1H3,(H,21,22)/b10-6+. The minimum Gasteiger partial charge on any atom is -0.495 e. The van der Waals surface area contributed by atoms with Gasteiger partial charge in [0.2, 0.25) is 0 Å². The highest BCUT2D eigenvalue weighted by atomic mass is 32.2. The molecule has 0 saturated heterocycles. The van der Waals surface area contributed by atoms with E-state index in [-0.39, 0.29) is 10.6 Å². The van der Waals surface area contributed by atoms with E-state index in [1.165, 1.54) is 30.9 Å². The van der Waals surface area contributed by atoms with Gasteiger partial charge in [-0.1, -0.05) is 12.1 Å². The number of carbonyl (C=O) groups is 1. The van der Waals surface area contributed by atoms with Crippen LogP contribution in [-0.4, -0.2) is 26.6 Å². The van der Waals surface area contributed by atoms with E-state index in [4.69, 9.17) is 9.84 Å². The highest BCUT2D eigenvalue weighted by Crippen LogP contribution is 2.29. The van der Waals surface area contributed by atoms with Crippen LogP contribution < -0.4 is 9.46 Å². The molecule has 0 amide bonds. The quantitative estimate of drug-likeness (QED) is 0.759. The summed E-state index contributed by atoms with van der Waals surface area (Å²) in [6.07, 6.45) is 5.33. The third-order valence-corrected chi connectivity index (χ3v) is 5.65. The molecule has 0 heterocycles. The Morgan fingerprint density at radius 3 is 2.65 bits per heavy atom. The van der Waals surface area contributed by atoms with Crippen molar-refractivity contribution >= 4 is 27.8 Å². The molecule has 0 unspecified atom stereocenters. The molecule has 3 rings (SSSR count). The van der Waals surface area contributed by atoms with Crippen LogP contribution in [0.15, 0.2) is 47.4 Å². The lowest BCUT2D eigenvalue weighted by atomic mass is 10.1. The van der Waals surface area contributed by atoms with Gasteiger partial charge >= 0.3 is 5.97 Å². The molecule has 0 radical (unpaired) electrons. The first-order valence-corrected chi connectivity index (χ1v) is 9.61. The summed E-state index contributed by atoms with van der Waals surface area (Å²) in [5.41, 5.74) is 3.36. The van der Waals surface area contributed by atoms with Gasteiger partial charge in [0.1, 0.15) is 10.6 Å². The highest BCUT2D eigenvalue weighted by molar-refractivity contribution is 7.92. The van der Waals surface area contributed by atoms with Crippen LogP contribution in [0.25, 0.3) is 6.08 Å². The van der Waals surface area contributed by atoms with Crippen LogP contribution in [0.2, 0.25) is 0 Å². The second kappa shape index (κ2) is 7.21. The van der Waals surface area contributed by atoms with Crippen molar-refractivity contribution < 1.29 is 23.1 Å². The van der Waals surface area contributed by atoms with Crippen LogP contribution in [0.3, 0.4) is 0 Å². The molecule has 6 nitrogen and oxygen atoms in total. The molecule has 2 aromatic carbocycles. The van der Waals surface area contributed by atoms with Crippen molar-refractivity contribution in [2.24, 2.45) is 0 Å². The van der Waals surface area contributed by atoms with Crippen molar-refractivity contribution in [3.8, 4) is 5.75 Å². The number of ether oxygens (including phenoxy) is 1. The number of carboxylic acids is 1. The summed E-state index contributed by atoms with van der Waals surface area (Å²) in [4.78, 5) is 10.6. The Balaban J connectivity index is 1.94. The van der Waals surface area contributed by atoms with Crippen LogP contribution in [-0.2, 0) is 27.7 Å². The molecule has 0 atom stereocenters. The molecule has 1 aliphatic rings. The van der Waals surface area contributed by atoms with Gasteiger partial charge in [0.25, 0.3) is 10.0 Å². The van der Waals surface area contributed by atoms with Gasteiger partial charge in [0, 0.05) is 11.8 Å². The van der Waals surface area contributed by atoms with E-state index < -0.39 is 16.0 Å². The predicted octanol–water partition coefficient (Wildman–Crippen LogP) is 3.08. The van der Waals surface area contributed by atoms with Gasteiger partial charge in [-0.25, -0.2) is 13.2 Å². The summed E-state index contributed by atoms with van der Waals surface area (Å²) in [6.45, 7) is 0. The lowest BCUT2D eigenvalue weighted by Gasteiger charge is -2.13. The van der Waals surface area contributed by atoms with Crippen LogP contribution in [0.1, 0.15) is 23.1 Å². The van der Waals surface area contributed by atoms with Crippen molar-refractivity contribution in [1.82, 2.24) is 0 Å². The Labute approximate surface area is 152 Å². The van der Waals surface area contributed by atoms with Crippen LogP contribution in [0, 0.1) is 0 Å². The predicted molar refractivity (Wildman–Crippen MR) is 98.9 cm³/mol. The minimum absolute atomic E-state index is 0.0481. The molecule has 0 bridgehead atoms. The zero-order valence-corrected chi connectivity index (χ0v) is 15.0. The Morgan fingerprint density at radius 1 is 1.15 bits per heavy atom. The van der Waals surface area contributed by atoms with Gasteiger partial charge in [-0.15, -0.1) is 0 Å². The topological polar surface area (TPSA) is 92.7 Å². The Kier molecular flexibility index (Phi) is 4.99. The van der Waals surface area contributed by atoms with E-state index in [0.29, 0.717) is 11.3 Å². The minimum atomic E-state index is -3.89. The summed E-state index contributed by atoms with van der Waals surface area (Å²) in [7, 11) is -2.51. The maximum absolute atomic E-state index is 12.8. The Hall–Kier alpha value is -2.80. The largest absolute Gasteiger partial charge is 0.495 e. The first kappa shape index (κ1) is 18.0. The third-order valence-electron chi connectivity index (χ3n) is 4.25. The van der Waals surface area contributed by atoms with Crippen molar-refractivity contribution in [2.75, 3.05) is 11.8 Å². The van der Waals surface area contributed by atoms with Crippen molar-refractivity contribution in [3.05, 3.63) is 59.2 Å². The molecule has 0 aromatic heterocycles. The number of anilines is 1. The number of nitrogens with one attached hydrogen (secondary N) is 1. The third kappa shape index (κ3) is 3.88. The lowest BCUT2D eigenvalue weighted by molar-refractivity contribution is -0.131.